The Kier molecular flexibility index (Phi) is 4.57. The maximum absolute atomic E-state index is 14.5. The van der Waals surface area contributed by atoms with E-state index in [0.29, 0.717) is 22.5 Å². The maximum Gasteiger partial charge on any atom is 0.405 e. The number of aromatic amines is 1. The van der Waals surface area contributed by atoms with Gasteiger partial charge in [-0.1, -0.05) is 24.6 Å². The lowest BCUT2D eigenvalue weighted by Gasteiger charge is -2.31. The quantitative estimate of drug-likeness (QED) is 0.532. The van der Waals surface area contributed by atoms with Crippen LogP contribution in [0.3, 0.4) is 0 Å². The van der Waals surface area contributed by atoms with E-state index in [0.717, 1.165) is 23.1 Å². The maximum atomic E-state index is 14.5. The van der Waals surface area contributed by atoms with Gasteiger partial charge in [0, 0.05) is 34.7 Å². The third-order valence-electron chi connectivity index (χ3n) is 5.18. The van der Waals surface area contributed by atoms with E-state index >= 15 is 0 Å². The topological polar surface area (TPSA) is 36.1 Å². The minimum Gasteiger partial charge on any atom is -0.354 e. The van der Waals surface area contributed by atoms with Crippen molar-refractivity contribution in [2.75, 3.05) is 11.4 Å². The number of anilines is 1. The van der Waals surface area contributed by atoms with Crippen LogP contribution < -0.4 is 10.5 Å². The number of hydrogen-bond acceptors (Lipinski definition) is 2. The van der Waals surface area contributed by atoms with Gasteiger partial charge in [-0.05, 0) is 23.8 Å². The molecular weight excluding hydrogens is 415 g/mol. The second-order valence-electron chi connectivity index (χ2n) is 7.04. The summed E-state index contributed by atoms with van der Waals surface area (Å²) in [5, 5.41) is 0.507. The standard InChI is InChI=1S/C20H14ClF5N2O/c1-9-17-15(5-4-14-18(17)12(21)7-16(29)27-14)28(8-20(24,25)26)19(9)11-3-2-10(22)6-13(11)23/h2-7,9,19H,8H2,1H3,(H,27,29). The largest absolute Gasteiger partial charge is 0.405 e. The molecule has 0 bridgehead atoms. The van der Waals surface area contributed by atoms with Crippen molar-refractivity contribution in [3.63, 3.8) is 0 Å². The van der Waals surface area contributed by atoms with Gasteiger partial charge in [0.25, 0.3) is 0 Å². The molecule has 29 heavy (non-hydrogen) atoms. The molecule has 4 rings (SSSR count). The molecule has 1 aliphatic heterocycles. The molecule has 0 spiro atoms. The molecule has 1 aromatic heterocycles. The average molecular weight is 429 g/mol. The number of rotatable bonds is 2. The average Bonchev–Trinajstić information content (AvgIpc) is 2.85. The second-order valence-corrected chi connectivity index (χ2v) is 7.45. The molecule has 1 aliphatic rings. The van der Waals surface area contributed by atoms with Gasteiger partial charge in [-0.15, -0.1) is 0 Å². The van der Waals surface area contributed by atoms with Crippen LogP contribution in [-0.4, -0.2) is 17.7 Å². The van der Waals surface area contributed by atoms with Crippen molar-refractivity contribution in [2.45, 2.75) is 25.1 Å². The first-order valence-corrected chi connectivity index (χ1v) is 9.08. The van der Waals surface area contributed by atoms with Gasteiger partial charge in [0.2, 0.25) is 5.56 Å². The Morgan fingerprint density at radius 2 is 1.86 bits per heavy atom. The Labute approximate surface area is 166 Å². The number of pyridine rings is 1. The molecule has 0 saturated carbocycles. The fourth-order valence-corrected chi connectivity index (χ4v) is 4.47. The highest BCUT2D eigenvalue weighted by atomic mass is 35.5. The van der Waals surface area contributed by atoms with Gasteiger partial charge in [0.15, 0.2) is 0 Å². The van der Waals surface area contributed by atoms with Crippen molar-refractivity contribution in [1.29, 1.82) is 0 Å². The molecule has 3 nitrogen and oxygen atoms in total. The molecule has 1 N–H and O–H groups in total. The highest BCUT2D eigenvalue weighted by Gasteiger charge is 2.44. The van der Waals surface area contributed by atoms with Gasteiger partial charge < -0.3 is 9.88 Å². The zero-order valence-corrected chi connectivity index (χ0v) is 15.7. The molecule has 2 unspecified atom stereocenters. The summed E-state index contributed by atoms with van der Waals surface area (Å²) in [6, 6.07) is 5.88. The molecular formula is C20H14ClF5N2O. The van der Waals surface area contributed by atoms with Crippen LogP contribution in [0.4, 0.5) is 27.6 Å². The SMILES string of the molecule is CC1c2c(ccc3[nH]c(=O)cc(Cl)c23)N(CC(F)(F)F)C1c1ccc(F)cc1F. The monoisotopic (exact) mass is 428 g/mol. The zero-order valence-electron chi connectivity index (χ0n) is 14.9. The Bertz CT molecular complexity index is 1170. The predicted octanol–water partition coefficient (Wildman–Crippen LogP) is 5.69. The van der Waals surface area contributed by atoms with Gasteiger partial charge >= 0.3 is 6.18 Å². The first-order chi connectivity index (χ1) is 13.6. The van der Waals surface area contributed by atoms with Crippen molar-refractivity contribution in [3.8, 4) is 0 Å². The number of aromatic nitrogens is 1. The van der Waals surface area contributed by atoms with Crippen molar-refractivity contribution in [1.82, 2.24) is 4.98 Å². The van der Waals surface area contributed by atoms with Crippen molar-refractivity contribution in [3.05, 3.63) is 74.5 Å². The molecule has 2 heterocycles. The molecule has 0 radical (unpaired) electrons. The van der Waals surface area contributed by atoms with E-state index in [4.69, 9.17) is 11.6 Å². The van der Waals surface area contributed by atoms with Crippen LogP contribution >= 0.6 is 11.6 Å². The van der Waals surface area contributed by atoms with E-state index in [1.807, 2.05) is 0 Å². The number of halogens is 6. The zero-order chi connectivity index (χ0) is 21.1. The Hall–Kier alpha value is -2.61. The van der Waals surface area contributed by atoms with E-state index in [1.54, 1.807) is 6.92 Å². The summed E-state index contributed by atoms with van der Waals surface area (Å²) in [5.41, 5.74) is 0.599. The number of hydrogen-bond donors (Lipinski definition) is 1. The van der Waals surface area contributed by atoms with Crippen molar-refractivity contribution < 1.29 is 22.0 Å². The fraction of sp³-hybridized carbons (Fsp3) is 0.250. The highest BCUT2D eigenvalue weighted by molar-refractivity contribution is 6.35. The third kappa shape index (κ3) is 3.35. The van der Waals surface area contributed by atoms with Gasteiger partial charge in [-0.3, -0.25) is 4.79 Å². The van der Waals surface area contributed by atoms with E-state index in [2.05, 4.69) is 4.98 Å². The van der Waals surface area contributed by atoms with E-state index in [9.17, 15) is 26.7 Å². The summed E-state index contributed by atoms with van der Waals surface area (Å²) < 4.78 is 68.0. The molecule has 152 valence electrons. The smallest absolute Gasteiger partial charge is 0.354 e. The number of fused-ring (bicyclic) bond motifs is 3. The van der Waals surface area contributed by atoms with E-state index in [-0.39, 0.29) is 16.3 Å². The lowest BCUT2D eigenvalue weighted by Crippen LogP contribution is -2.36. The first-order valence-electron chi connectivity index (χ1n) is 8.70. The minimum absolute atomic E-state index is 0.0481. The van der Waals surface area contributed by atoms with Crippen LogP contribution in [0.25, 0.3) is 10.9 Å². The molecule has 0 amide bonds. The third-order valence-corrected chi connectivity index (χ3v) is 5.48. The van der Waals surface area contributed by atoms with Crippen LogP contribution in [0, 0.1) is 11.6 Å². The Morgan fingerprint density at radius 3 is 2.52 bits per heavy atom. The number of alkyl halides is 3. The molecule has 2 aromatic carbocycles. The molecule has 0 fully saturated rings. The summed E-state index contributed by atoms with van der Waals surface area (Å²) in [5.74, 6) is -2.35. The van der Waals surface area contributed by atoms with Crippen LogP contribution in [0.1, 0.15) is 30.0 Å². The second kappa shape index (κ2) is 6.73. The van der Waals surface area contributed by atoms with Gasteiger partial charge in [-0.25, -0.2) is 8.78 Å². The lowest BCUT2D eigenvalue weighted by atomic mass is 9.89. The Balaban J connectivity index is 1.98. The van der Waals surface area contributed by atoms with Crippen LogP contribution in [0.15, 0.2) is 41.2 Å². The minimum atomic E-state index is -4.56. The van der Waals surface area contributed by atoms with Gasteiger partial charge in [0.1, 0.15) is 18.2 Å². The number of nitrogens with zero attached hydrogens (tertiary/aromatic N) is 1. The fourth-order valence-electron chi connectivity index (χ4n) is 4.17. The number of nitrogens with one attached hydrogen (secondary N) is 1. The van der Waals surface area contributed by atoms with Crippen LogP contribution in [0.5, 0.6) is 0 Å². The Morgan fingerprint density at radius 1 is 1.14 bits per heavy atom. The summed E-state index contributed by atoms with van der Waals surface area (Å²) in [6.07, 6.45) is -4.56. The normalized spacial score (nSPS) is 19.1. The molecule has 2 atom stereocenters. The van der Waals surface area contributed by atoms with Gasteiger partial charge in [0.05, 0.1) is 16.6 Å². The highest BCUT2D eigenvalue weighted by Crippen LogP contribution is 2.53. The van der Waals surface area contributed by atoms with Crippen molar-refractivity contribution in [2.24, 2.45) is 0 Å². The summed E-state index contributed by atoms with van der Waals surface area (Å²) >= 11 is 6.25. The molecule has 9 heteroatoms. The summed E-state index contributed by atoms with van der Waals surface area (Å²) in [4.78, 5) is 15.4. The summed E-state index contributed by atoms with van der Waals surface area (Å²) in [7, 11) is 0. The van der Waals surface area contributed by atoms with Crippen LogP contribution in [0.2, 0.25) is 5.02 Å². The molecule has 0 aliphatic carbocycles. The first kappa shape index (κ1) is 19.7. The number of benzene rings is 2. The summed E-state index contributed by atoms with van der Waals surface area (Å²) in [6.45, 7) is 0.335. The van der Waals surface area contributed by atoms with E-state index < -0.39 is 41.9 Å². The molecule has 3 aromatic rings. The predicted molar refractivity (Wildman–Crippen MR) is 100 cm³/mol. The molecule has 0 saturated heterocycles. The van der Waals surface area contributed by atoms with E-state index in [1.165, 1.54) is 12.1 Å². The number of H-pyrrole nitrogens is 1. The van der Waals surface area contributed by atoms with Crippen LogP contribution in [-0.2, 0) is 0 Å². The van der Waals surface area contributed by atoms with Crippen molar-refractivity contribution >= 4 is 28.2 Å². The van der Waals surface area contributed by atoms with Gasteiger partial charge in [-0.2, -0.15) is 13.2 Å². The lowest BCUT2D eigenvalue weighted by molar-refractivity contribution is -0.120.